The Morgan fingerprint density at radius 1 is 1.04 bits per heavy atom. The Hall–Kier alpha value is -1.27. The summed E-state index contributed by atoms with van der Waals surface area (Å²) in [6, 6.07) is 6.37. The Bertz CT molecular complexity index is 766. The van der Waals surface area contributed by atoms with Crippen LogP contribution >= 0.6 is 11.6 Å². The van der Waals surface area contributed by atoms with Gasteiger partial charge in [-0.2, -0.15) is 0 Å². The molecule has 2 saturated heterocycles. The molecule has 2 amide bonds. The van der Waals surface area contributed by atoms with Crippen LogP contribution in [0.5, 0.6) is 0 Å². The van der Waals surface area contributed by atoms with Crippen LogP contribution in [0.15, 0.2) is 29.2 Å². The summed E-state index contributed by atoms with van der Waals surface area (Å²) in [4.78, 5) is 14.9. The summed E-state index contributed by atoms with van der Waals surface area (Å²) in [6.45, 7) is 0.956. The third-order valence-electron chi connectivity index (χ3n) is 6.19. The van der Waals surface area contributed by atoms with E-state index in [9.17, 15) is 13.2 Å². The van der Waals surface area contributed by atoms with E-state index in [-0.39, 0.29) is 23.2 Å². The van der Waals surface area contributed by atoms with Gasteiger partial charge in [0.2, 0.25) is 0 Å². The molecule has 2 saturated carbocycles. The first-order valence-corrected chi connectivity index (χ1v) is 11.5. The number of carbonyl (C=O) groups excluding carboxylic acids is 1. The second-order valence-electron chi connectivity index (χ2n) is 8.09. The zero-order chi connectivity index (χ0) is 18.3. The van der Waals surface area contributed by atoms with Crippen molar-refractivity contribution in [1.82, 2.24) is 10.2 Å². The van der Waals surface area contributed by atoms with Gasteiger partial charge < -0.3 is 10.2 Å². The van der Waals surface area contributed by atoms with Crippen molar-refractivity contribution in [1.29, 1.82) is 0 Å². The van der Waals surface area contributed by atoms with Crippen LogP contribution in [-0.2, 0) is 9.84 Å². The second kappa shape index (κ2) is 7.04. The Labute approximate surface area is 160 Å². The number of carbonyl (C=O) groups is 1. The minimum absolute atomic E-state index is 0.102. The molecule has 4 bridgehead atoms. The molecule has 4 fully saturated rings. The number of fused-ring (bicyclic) bond motifs is 1. The molecule has 7 heteroatoms. The highest BCUT2D eigenvalue weighted by molar-refractivity contribution is 7.91. The van der Waals surface area contributed by atoms with Gasteiger partial charge in [-0.05, 0) is 74.1 Å². The molecule has 5 rings (SSSR count). The molecule has 1 N–H and O–H groups in total. The largest absolute Gasteiger partial charge is 0.337 e. The van der Waals surface area contributed by atoms with Crippen molar-refractivity contribution < 1.29 is 13.2 Å². The molecule has 2 aliphatic carbocycles. The van der Waals surface area contributed by atoms with E-state index in [0.29, 0.717) is 17.0 Å². The number of rotatable bonds is 4. The highest BCUT2D eigenvalue weighted by atomic mass is 35.5. The molecule has 5 nitrogen and oxygen atoms in total. The second-order valence-corrected chi connectivity index (χ2v) is 10.6. The maximum atomic E-state index is 12.7. The van der Waals surface area contributed by atoms with Crippen LogP contribution < -0.4 is 5.32 Å². The van der Waals surface area contributed by atoms with E-state index in [1.54, 1.807) is 12.1 Å². The lowest BCUT2D eigenvalue weighted by atomic mass is 9.68. The van der Waals surface area contributed by atoms with Gasteiger partial charge in [0, 0.05) is 24.2 Å². The molecule has 0 radical (unpaired) electrons. The van der Waals surface area contributed by atoms with Gasteiger partial charge in [-0.15, -0.1) is 0 Å². The number of hydrogen-bond acceptors (Lipinski definition) is 3. The van der Waals surface area contributed by atoms with E-state index in [1.807, 2.05) is 4.90 Å². The van der Waals surface area contributed by atoms with E-state index in [1.165, 1.54) is 31.4 Å². The number of nitrogens with one attached hydrogen (secondary N) is 1. The zero-order valence-electron chi connectivity index (χ0n) is 14.7. The summed E-state index contributed by atoms with van der Waals surface area (Å²) in [5, 5.41) is 3.34. The molecule has 2 unspecified atom stereocenters. The van der Waals surface area contributed by atoms with E-state index in [2.05, 4.69) is 5.32 Å². The maximum Gasteiger partial charge on any atom is 0.317 e. The van der Waals surface area contributed by atoms with Crippen LogP contribution in [0.25, 0.3) is 0 Å². The van der Waals surface area contributed by atoms with Crippen molar-refractivity contribution in [3.05, 3.63) is 29.3 Å². The molecular formula is C19H25ClN2O3S. The fraction of sp³-hybridized carbons (Fsp3) is 0.632. The van der Waals surface area contributed by atoms with Crippen molar-refractivity contribution >= 4 is 27.5 Å². The van der Waals surface area contributed by atoms with Crippen molar-refractivity contribution in [3.63, 3.8) is 0 Å². The summed E-state index contributed by atoms with van der Waals surface area (Å²) < 4.78 is 24.8. The third kappa shape index (κ3) is 3.72. The standard InChI is InChI=1S/C19H25ClN2O3S/c20-16-1-3-18(4-2-16)26(24,25)6-5-21-19(23)22-12-15-8-13-7-14(9-15)11-17(22)10-13/h1-4,13-15,17H,5-12H2,(H,21,23). The van der Waals surface area contributed by atoms with E-state index in [0.717, 1.165) is 31.2 Å². The first-order valence-electron chi connectivity index (χ1n) is 9.43. The molecule has 26 heavy (non-hydrogen) atoms. The summed E-state index contributed by atoms with van der Waals surface area (Å²) in [5.41, 5.74) is 0. The maximum absolute atomic E-state index is 12.7. The zero-order valence-corrected chi connectivity index (χ0v) is 16.3. The first-order chi connectivity index (χ1) is 12.4. The van der Waals surface area contributed by atoms with Gasteiger partial charge >= 0.3 is 6.03 Å². The van der Waals surface area contributed by atoms with Gasteiger partial charge in [-0.1, -0.05) is 11.6 Å². The lowest BCUT2D eigenvalue weighted by Crippen LogP contribution is -2.48. The molecule has 2 aliphatic heterocycles. The number of sulfone groups is 1. The molecule has 1 aromatic carbocycles. The molecule has 1 aromatic rings. The fourth-order valence-corrected chi connectivity index (χ4v) is 6.47. The molecule has 2 heterocycles. The molecule has 2 atom stereocenters. The van der Waals surface area contributed by atoms with E-state index in [4.69, 9.17) is 11.6 Å². The van der Waals surface area contributed by atoms with Gasteiger partial charge in [0.25, 0.3) is 0 Å². The SMILES string of the molecule is O=C(NCCS(=O)(=O)c1ccc(Cl)cc1)N1CC2CC3CC(C2)CC1C3. The Morgan fingerprint density at radius 3 is 2.31 bits per heavy atom. The number of urea groups is 1. The minimum Gasteiger partial charge on any atom is -0.337 e. The number of benzene rings is 1. The van der Waals surface area contributed by atoms with Crippen LogP contribution in [0.4, 0.5) is 4.79 Å². The van der Waals surface area contributed by atoms with Gasteiger partial charge in [0.1, 0.15) is 0 Å². The number of halogens is 1. The predicted molar refractivity (Wildman–Crippen MR) is 101 cm³/mol. The topological polar surface area (TPSA) is 66.5 Å². The normalized spacial score (nSPS) is 30.3. The highest BCUT2D eigenvalue weighted by Gasteiger charge is 2.44. The van der Waals surface area contributed by atoms with Crippen molar-refractivity contribution in [2.75, 3.05) is 18.8 Å². The van der Waals surface area contributed by atoms with E-state index >= 15 is 0 Å². The fourth-order valence-electron chi connectivity index (χ4n) is 5.19. The van der Waals surface area contributed by atoms with E-state index < -0.39 is 9.84 Å². The molecule has 4 aliphatic rings. The summed E-state index contributed by atoms with van der Waals surface area (Å²) in [6.07, 6.45) is 6.07. The Morgan fingerprint density at radius 2 is 1.65 bits per heavy atom. The smallest absolute Gasteiger partial charge is 0.317 e. The van der Waals surface area contributed by atoms with Gasteiger partial charge in [-0.25, -0.2) is 13.2 Å². The molecular weight excluding hydrogens is 372 g/mol. The minimum atomic E-state index is -3.42. The lowest BCUT2D eigenvalue weighted by molar-refractivity contribution is 0.132. The first kappa shape index (κ1) is 18.1. The average molecular weight is 397 g/mol. The highest BCUT2D eigenvalue weighted by Crippen LogP contribution is 2.47. The monoisotopic (exact) mass is 396 g/mol. The number of nitrogens with zero attached hydrogens (tertiary/aromatic N) is 1. The van der Waals surface area contributed by atoms with Gasteiger partial charge in [-0.3, -0.25) is 0 Å². The Kier molecular flexibility index (Phi) is 4.90. The Balaban J connectivity index is 1.35. The molecule has 0 aromatic heterocycles. The summed E-state index contributed by atoms with van der Waals surface area (Å²) in [5.74, 6) is 2.07. The van der Waals surface area contributed by atoms with Crippen LogP contribution in [-0.4, -0.2) is 44.2 Å². The van der Waals surface area contributed by atoms with Crippen LogP contribution in [0.3, 0.4) is 0 Å². The number of hydrogen-bond donors (Lipinski definition) is 1. The van der Waals surface area contributed by atoms with Gasteiger partial charge in [0.15, 0.2) is 9.84 Å². The molecule has 0 spiro atoms. The third-order valence-corrected chi connectivity index (χ3v) is 8.17. The van der Waals surface area contributed by atoms with Crippen molar-refractivity contribution in [2.45, 2.75) is 43.0 Å². The quantitative estimate of drug-likeness (QED) is 0.848. The van der Waals surface area contributed by atoms with Crippen molar-refractivity contribution in [2.24, 2.45) is 17.8 Å². The average Bonchev–Trinajstić information content (AvgIpc) is 2.78. The van der Waals surface area contributed by atoms with Crippen LogP contribution in [0.1, 0.15) is 32.1 Å². The molecule has 142 valence electrons. The predicted octanol–water partition coefficient (Wildman–Crippen LogP) is 3.33. The van der Waals surface area contributed by atoms with Crippen molar-refractivity contribution in [3.8, 4) is 0 Å². The van der Waals surface area contributed by atoms with Gasteiger partial charge in [0.05, 0.1) is 10.6 Å². The van der Waals surface area contributed by atoms with Crippen LogP contribution in [0.2, 0.25) is 5.02 Å². The summed E-state index contributed by atoms with van der Waals surface area (Å²) in [7, 11) is -3.42. The lowest BCUT2D eigenvalue weighted by Gasteiger charge is -2.38. The number of amides is 2. The summed E-state index contributed by atoms with van der Waals surface area (Å²) >= 11 is 5.81. The van der Waals surface area contributed by atoms with Crippen LogP contribution in [0, 0.1) is 17.8 Å².